The largest absolute Gasteiger partial charge is 0.396 e. The van der Waals surface area contributed by atoms with E-state index in [9.17, 15) is 9.18 Å². The normalized spacial score (nSPS) is 14.5. The molecule has 21 heavy (non-hydrogen) atoms. The van der Waals surface area contributed by atoms with Crippen molar-refractivity contribution in [3.63, 3.8) is 0 Å². The molecule has 4 nitrogen and oxygen atoms in total. The predicted molar refractivity (Wildman–Crippen MR) is 81.0 cm³/mol. The van der Waals surface area contributed by atoms with Crippen molar-refractivity contribution in [1.29, 1.82) is 0 Å². The van der Waals surface area contributed by atoms with E-state index < -0.39 is 5.82 Å². The first-order chi connectivity index (χ1) is 10.1. The Morgan fingerprint density at radius 2 is 2.19 bits per heavy atom. The second-order valence-electron chi connectivity index (χ2n) is 5.31. The van der Waals surface area contributed by atoms with Gasteiger partial charge in [0.1, 0.15) is 5.82 Å². The van der Waals surface area contributed by atoms with Gasteiger partial charge < -0.3 is 10.4 Å². The topological polar surface area (TPSA) is 52.6 Å². The van der Waals surface area contributed by atoms with Crippen LogP contribution in [0.4, 0.5) is 10.1 Å². The number of aliphatic hydroxyl groups is 1. The molecule has 1 aromatic rings. The third-order valence-electron chi connectivity index (χ3n) is 3.47. The molecule has 0 aliphatic heterocycles. The van der Waals surface area contributed by atoms with Crippen molar-refractivity contribution in [3.05, 3.63) is 29.0 Å². The zero-order chi connectivity index (χ0) is 15.2. The van der Waals surface area contributed by atoms with Gasteiger partial charge in [0.2, 0.25) is 5.91 Å². The molecule has 0 aromatic heterocycles. The van der Waals surface area contributed by atoms with Gasteiger partial charge in [-0.2, -0.15) is 0 Å². The van der Waals surface area contributed by atoms with E-state index in [1.165, 1.54) is 18.2 Å². The highest BCUT2D eigenvalue weighted by Crippen LogP contribution is 2.27. The molecule has 1 amide bonds. The van der Waals surface area contributed by atoms with Crippen LogP contribution in [-0.2, 0) is 4.79 Å². The summed E-state index contributed by atoms with van der Waals surface area (Å²) in [6.07, 6.45) is 3.87. The van der Waals surface area contributed by atoms with Gasteiger partial charge in [0, 0.05) is 18.3 Å². The lowest BCUT2D eigenvalue weighted by molar-refractivity contribution is -0.117. The second kappa shape index (κ2) is 7.73. The summed E-state index contributed by atoms with van der Waals surface area (Å²) in [6, 6.07) is 4.61. The molecular weight excluding hydrogens is 295 g/mol. The zero-order valence-electron chi connectivity index (χ0n) is 11.8. The fraction of sp³-hybridized carbons (Fsp3) is 0.533. The maximum absolute atomic E-state index is 13.1. The molecule has 0 spiro atoms. The fourth-order valence-corrected chi connectivity index (χ4v) is 2.40. The molecule has 2 N–H and O–H groups in total. The number of benzene rings is 1. The summed E-state index contributed by atoms with van der Waals surface area (Å²) >= 11 is 5.69. The van der Waals surface area contributed by atoms with Crippen LogP contribution >= 0.6 is 11.6 Å². The van der Waals surface area contributed by atoms with Crippen LogP contribution in [0.15, 0.2) is 18.2 Å². The summed E-state index contributed by atoms with van der Waals surface area (Å²) < 4.78 is 13.1. The number of hydrogen-bond donors (Lipinski definition) is 2. The number of anilines is 1. The van der Waals surface area contributed by atoms with E-state index in [0.29, 0.717) is 18.3 Å². The van der Waals surface area contributed by atoms with Gasteiger partial charge in [-0.1, -0.05) is 11.6 Å². The highest BCUT2D eigenvalue weighted by Gasteiger charge is 2.29. The van der Waals surface area contributed by atoms with Gasteiger partial charge in [-0.3, -0.25) is 9.69 Å². The third kappa shape index (κ3) is 5.26. The molecule has 116 valence electrons. The Hall–Kier alpha value is -1.17. The fourth-order valence-electron chi connectivity index (χ4n) is 2.22. The molecule has 0 atom stereocenters. The minimum absolute atomic E-state index is 0.00482. The van der Waals surface area contributed by atoms with E-state index in [1.807, 2.05) is 0 Å². The number of rotatable bonds is 8. The van der Waals surface area contributed by atoms with Crippen molar-refractivity contribution in [1.82, 2.24) is 4.90 Å². The number of unbranched alkanes of at least 4 members (excludes halogenated alkanes) is 1. The highest BCUT2D eigenvalue weighted by molar-refractivity contribution is 6.31. The molecular formula is C15H20ClFN2O2. The lowest BCUT2D eigenvalue weighted by Gasteiger charge is -2.21. The number of hydrogen-bond acceptors (Lipinski definition) is 3. The maximum Gasteiger partial charge on any atom is 0.238 e. The van der Waals surface area contributed by atoms with Crippen molar-refractivity contribution >= 4 is 23.2 Å². The Balaban J connectivity index is 1.85. The standard InChI is InChI=1S/C15H20ClFN2O2/c16-13-9-11(3-6-14(13)17)18-15(21)10-19(12-4-5-12)7-1-2-8-20/h3,6,9,12,20H,1-2,4-5,7-8,10H2,(H,18,21). The van der Waals surface area contributed by atoms with E-state index in [-0.39, 0.29) is 17.5 Å². The van der Waals surface area contributed by atoms with Gasteiger partial charge in [-0.05, 0) is 50.4 Å². The van der Waals surface area contributed by atoms with Gasteiger partial charge in [0.25, 0.3) is 0 Å². The van der Waals surface area contributed by atoms with Gasteiger partial charge in [-0.25, -0.2) is 4.39 Å². The first-order valence-electron chi connectivity index (χ1n) is 7.20. The Morgan fingerprint density at radius 3 is 2.81 bits per heavy atom. The highest BCUT2D eigenvalue weighted by atomic mass is 35.5. The van der Waals surface area contributed by atoms with Crippen LogP contribution in [-0.4, -0.2) is 41.7 Å². The quantitative estimate of drug-likeness (QED) is 0.725. The Bertz CT molecular complexity index is 495. The number of nitrogens with zero attached hydrogens (tertiary/aromatic N) is 1. The molecule has 1 aliphatic carbocycles. The molecule has 0 saturated heterocycles. The minimum atomic E-state index is -0.502. The molecule has 0 bridgehead atoms. The second-order valence-corrected chi connectivity index (χ2v) is 5.72. The number of halogens is 2. The lowest BCUT2D eigenvalue weighted by atomic mass is 10.3. The summed E-state index contributed by atoms with van der Waals surface area (Å²) in [5.41, 5.74) is 0.498. The zero-order valence-corrected chi connectivity index (χ0v) is 12.6. The molecule has 0 heterocycles. The van der Waals surface area contributed by atoms with Crippen LogP contribution in [0.2, 0.25) is 5.02 Å². The molecule has 6 heteroatoms. The van der Waals surface area contributed by atoms with Crippen molar-refractivity contribution < 1.29 is 14.3 Å². The summed E-state index contributed by atoms with van der Waals surface area (Å²) in [7, 11) is 0. The van der Waals surface area contributed by atoms with E-state index in [1.54, 1.807) is 0 Å². The van der Waals surface area contributed by atoms with Gasteiger partial charge in [-0.15, -0.1) is 0 Å². The molecule has 1 fully saturated rings. The van der Waals surface area contributed by atoms with Crippen molar-refractivity contribution in [3.8, 4) is 0 Å². The van der Waals surface area contributed by atoms with Crippen molar-refractivity contribution in [2.45, 2.75) is 31.7 Å². The molecule has 1 aromatic carbocycles. The monoisotopic (exact) mass is 314 g/mol. The minimum Gasteiger partial charge on any atom is -0.396 e. The van der Waals surface area contributed by atoms with Crippen LogP contribution < -0.4 is 5.32 Å². The van der Waals surface area contributed by atoms with E-state index >= 15 is 0 Å². The summed E-state index contributed by atoms with van der Waals surface area (Å²) in [4.78, 5) is 14.2. The SMILES string of the molecule is O=C(CN(CCCCO)C1CC1)Nc1ccc(F)c(Cl)c1. The lowest BCUT2D eigenvalue weighted by Crippen LogP contribution is -2.35. The Labute approximate surface area is 128 Å². The van der Waals surface area contributed by atoms with Crippen LogP contribution in [0, 0.1) is 5.82 Å². The number of carbonyl (C=O) groups is 1. The van der Waals surface area contributed by atoms with Gasteiger partial charge in [0.05, 0.1) is 11.6 Å². The molecule has 1 saturated carbocycles. The van der Waals surface area contributed by atoms with Crippen LogP contribution in [0.1, 0.15) is 25.7 Å². The first-order valence-corrected chi connectivity index (χ1v) is 7.58. The summed E-state index contributed by atoms with van der Waals surface area (Å²) in [5, 5.41) is 11.5. The summed E-state index contributed by atoms with van der Waals surface area (Å²) in [5.74, 6) is -0.633. The summed E-state index contributed by atoms with van der Waals surface area (Å²) in [6.45, 7) is 1.30. The van der Waals surface area contributed by atoms with Gasteiger partial charge in [0.15, 0.2) is 0 Å². The van der Waals surface area contributed by atoms with E-state index in [0.717, 1.165) is 32.2 Å². The predicted octanol–water partition coefficient (Wildman–Crippen LogP) is 2.65. The maximum atomic E-state index is 13.1. The van der Waals surface area contributed by atoms with Crippen LogP contribution in [0.3, 0.4) is 0 Å². The van der Waals surface area contributed by atoms with Crippen LogP contribution in [0.5, 0.6) is 0 Å². The smallest absolute Gasteiger partial charge is 0.238 e. The average molecular weight is 315 g/mol. The number of carbonyl (C=O) groups excluding carboxylic acids is 1. The van der Waals surface area contributed by atoms with Crippen LogP contribution in [0.25, 0.3) is 0 Å². The van der Waals surface area contributed by atoms with E-state index in [4.69, 9.17) is 16.7 Å². The Morgan fingerprint density at radius 1 is 1.43 bits per heavy atom. The molecule has 2 rings (SSSR count). The number of aliphatic hydroxyl groups excluding tert-OH is 1. The molecule has 1 aliphatic rings. The van der Waals surface area contributed by atoms with Crippen molar-refractivity contribution in [2.24, 2.45) is 0 Å². The van der Waals surface area contributed by atoms with Gasteiger partial charge >= 0.3 is 0 Å². The molecule has 0 radical (unpaired) electrons. The third-order valence-corrected chi connectivity index (χ3v) is 3.76. The first kappa shape index (κ1) is 16.2. The number of amides is 1. The number of nitrogens with one attached hydrogen (secondary N) is 1. The van der Waals surface area contributed by atoms with E-state index in [2.05, 4.69) is 10.2 Å². The van der Waals surface area contributed by atoms with Crippen molar-refractivity contribution in [2.75, 3.05) is 25.0 Å². The Kier molecular flexibility index (Phi) is 5.96. The molecule has 0 unspecified atom stereocenters. The average Bonchev–Trinajstić information content (AvgIpc) is 3.26.